The van der Waals surface area contributed by atoms with Crippen LogP contribution in [0.3, 0.4) is 0 Å². The topological polar surface area (TPSA) is 113 Å². The van der Waals surface area contributed by atoms with E-state index in [1.54, 1.807) is 18.5 Å². The van der Waals surface area contributed by atoms with Gasteiger partial charge in [0.2, 0.25) is 5.91 Å². The van der Waals surface area contributed by atoms with Crippen LogP contribution in [0.5, 0.6) is 0 Å². The molecule has 1 aliphatic rings. The Morgan fingerprint density at radius 2 is 1.96 bits per heavy atom. The number of aromatic nitrogens is 2. The monoisotopic (exact) mass is 379 g/mol. The van der Waals surface area contributed by atoms with E-state index in [4.69, 9.17) is 0 Å². The number of carbonyl (C=O) groups is 3. The van der Waals surface area contributed by atoms with Crippen LogP contribution >= 0.6 is 0 Å². The van der Waals surface area contributed by atoms with Gasteiger partial charge in [-0.15, -0.1) is 0 Å². The lowest BCUT2D eigenvalue weighted by Crippen LogP contribution is -2.57. The number of carboxylic acids is 1. The Bertz CT molecular complexity index is 742. The van der Waals surface area contributed by atoms with Gasteiger partial charge in [-0.2, -0.15) is 5.10 Å². The minimum Gasteiger partial charge on any atom is -0.481 e. The van der Waals surface area contributed by atoms with Crippen molar-refractivity contribution in [1.82, 2.24) is 14.7 Å². The highest BCUT2D eigenvalue weighted by atomic mass is 16.4. The molecule has 1 aromatic heterocycles. The van der Waals surface area contributed by atoms with E-state index in [0.717, 1.165) is 5.69 Å². The molecule has 0 aliphatic carbocycles. The largest absolute Gasteiger partial charge is 0.481 e. The maximum atomic E-state index is 12.7. The number of piperidine rings is 1. The summed E-state index contributed by atoms with van der Waals surface area (Å²) >= 11 is 0. The van der Waals surface area contributed by atoms with E-state index in [9.17, 15) is 24.6 Å². The van der Waals surface area contributed by atoms with Gasteiger partial charge < -0.3 is 15.1 Å². The second kappa shape index (κ2) is 8.21. The van der Waals surface area contributed by atoms with E-state index in [0.29, 0.717) is 37.2 Å². The highest BCUT2D eigenvalue weighted by molar-refractivity contribution is 5.96. The summed E-state index contributed by atoms with van der Waals surface area (Å²) in [5, 5.41) is 24.3. The smallest absolute Gasteiger partial charge is 0.314 e. The van der Waals surface area contributed by atoms with Crippen molar-refractivity contribution >= 4 is 17.7 Å². The zero-order valence-electron chi connectivity index (χ0n) is 16.5. The third-order valence-corrected chi connectivity index (χ3v) is 5.53. The molecule has 8 heteroatoms. The van der Waals surface area contributed by atoms with Crippen molar-refractivity contribution in [3.63, 3.8) is 0 Å². The SMILES string of the molecule is CCC[C@@]1(C(=O)O)CN(C(=O)CCn2nc(C)c(C(C)=O)c2C)CC[C@H]1O. The number of hydrogen-bond donors (Lipinski definition) is 2. The zero-order chi connectivity index (χ0) is 20.4. The minimum atomic E-state index is -1.30. The van der Waals surface area contributed by atoms with Crippen molar-refractivity contribution in [2.45, 2.75) is 66.0 Å². The third-order valence-electron chi connectivity index (χ3n) is 5.53. The number of hydrogen-bond acceptors (Lipinski definition) is 5. The molecule has 1 saturated heterocycles. The Kier molecular flexibility index (Phi) is 6.41. The van der Waals surface area contributed by atoms with Crippen molar-refractivity contribution in [2.24, 2.45) is 5.41 Å². The maximum absolute atomic E-state index is 12.7. The molecule has 2 atom stereocenters. The van der Waals surface area contributed by atoms with Crippen molar-refractivity contribution in [1.29, 1.82) is 0 Å². The number of ketones is 1. The quantitative estimate of drug-likeness (QED) is 0.695. The maximum Gasteiger partial charge on any atom is 0.314 e. The Balaban J connectivity index is 2.09. The molecule has 8 nitrogen and oxygen atoms in total. The third kappa shape index (κ3) is 4.05. The van der Waals surface area contributed by atoms with Crippen molar-refractivity contribution in [3.05, 3.63) is 17.0 Å². The van der Waals surface area contributed by atoms with Gasteiger partial charge in [-0.1, -0.05) is 13.3 Å². The number of rotatable bonds is 7. The van der Waals surface area contributed by atoms with E-state index >= 15 is 0 Å². The Morgan fingerprint density at radius 3 is 2.48 bits per heavy atom. The van der Waals surface area contributed by atoms with Crippen molar-refractivity contribution < 1.29 is 24.6 Å². The Morgan fingerprint density at radius 1 is 1.30 bits per heavy atom. The first-order valence-corrected chi connectivity index (χ1v) is 9.38. The van der Waals surface area contributed by atoms with E-state index in [-0.39, 0.29) is 31.1 Å². The lowest BCUT2D eigenvalue weighted by molar-refractivity contribution is -0.167. The summed E-state index contributed by atoms with van der Waals surface area (Å²) in [6.07, 6.45) is 0.412. The summed E-state index contributed by atoms with van der Waals surface area (Å²) in [4.78, 5) is 37.7. The van der Waals surface area contributed by atoms with Gasteiger partial charge in [0.1, 0.15) is 5.41 Å². The lowest BCUT2D eigenvalue weighted by atomic mass is 9.74. The van der Waals surface area contributed by atoms with Gasteiger partial charge >= 0.3 is 5.97 Å². The van der Waals surface area contributed by atoms with Gasteiger partial charge in [-0.3, -0.25) is 19.1 Å². The van der Waals surface area contributed by atoms with Crippen LogP contribution in [0, 0.1) is 19.3 Å². The molecule has 1 aromatic rings. The zero-order valence-corrected chi connectivity index (χ0v) is 16.5. The van der Waals surface area contributed by atoms with Gasteiger partial charge in [-0.25, -0.2) is 0 Å². The Hall–Kier alpha value is -2.22. The second-order valence-corrected chi connectivity index (χ2v) is 7.41. The molecular weight excluding hydrogens is 350 g/mol. The fourth-order valence-electron chi connectivity index (χ4n) is 4.08. The van der Waals surface area contributed by atoms with Crippen LogP contribution in [-0.2, 0) is 16.1 Å². The van der Waals surface area contributed by atoms with Crippen molar-refractivity contribution in [2.75, 3.05) is 13.1 Å². The van der Waals surface area contributed by atoms with Gasteiger partial charge in [0, 0.05) is 31.7 Å². The molecule has 1 fully saturated rings. The summed E-state index contributed by atoms with van der Waals surface area (Å²) < 4.78 is 1.65. The molecular formula is C19H29N3O5. The molecule has 2 N–H and O–H groups in total. The molecule has 2 rings (SSSR count). The van der Waals surface area contributed by atoms with Crippen LogP contribution in [0.2, 0.25) is 0 Å². The molecule has 150 valence electrons. The van der Waals surface area contributed by atoms with Crippen LogP contribution in [0.1, 0.15) is 61.3 Å². The molecule has 1 aliphatic heterocycles. The number of aryl methyl sites for hydroxylation is 2. The lowest BCUT2D eigenvalue weighted by Gasteiger charge is -2.43. The molecule has 0 unspecified atom stereocenters. The normalized spacial score (nSPS) is 22.7. The van der Waals surface area contributed by atoms with Crippen LogP contribution in [-0.4, -0.2) is 61.7 Å². The fraction of sp³-hybridized carbons (Fsp3) is 0.684. The first-order valence-electron chi connectivity index (χ1n) is 9.38. The highest BCUT2D eigenvalue weighted by Gasteiger charge is 2.49. The molecule has 0 radical (unpaired) electrons. The number of Topliss-reactive ketones (excluding diaryl/α,β-unsaturated/α-hetero) is 1. The van der Waals surface area contributed by atoms with E-state index in [1.807, 2.05) is 6.92 Å². The molecule has 2 heterocycles. The Labute approximate surface area is 159 Å². The first-order chi connectivity index (χ1) is 12.6. The molecule has 0 aromatic carbocycles. The molecule has 0 bridgehead atoms. The van der Waals surface area contributed by atoms with Crippen LogP contribution < -0.4 is 0 Å². The average Bonchev–Trinajstić information content (AvgIpc) is 2.88. The summed E-state index contributed by atoms with van der Waals surface area (Å²) in [5.74, 6) is -1.28. The second-order valence-electron chi connectivity index (χ2n) is 7.41. The minimum absolute atomic E-state index is 0.0198. The van der Waals surface area contributed by atoms with E-state index in [1.165, 1.54) is 11.8 Å². The van der Waals surface area contributed by atoms with Gasteiger partial charge in [0.05, 0.1) is 17.4 Å². The van der Waals surface area contributed by atoms with Crippen LogP contribution in [0.15, 0.2) is 0 Å². The highest BCUT2D eigenvalue weighted by Crippen LogP contribution is 2.35. The van der Waals surface area contributed by atoms with E-state index < -0.39 is 17.5 Å². The number of nitrogens with zero attached hydrogens (tertiary/aromatic N) is 3. The van der Waals surface area contributed by atoms with E-state index in [2.05, 4.69) is 5.10 Å². The summed E-state index contributed by atoms with van der Waals surface area (Å²) in [6, 6.07) is 0. The van der Waals surface area contributed by atoms with Gasteiger partial charge in [0.15, 0.2) is 5.78 Å². The molecule has 27 heavy (non-hydrogen) atoms. The first kappa shape index (κ1) is 21.1. The standard InChI is InChI=1S/C19H29N3O5/c1-5-8-19(18(26)27)11-21(9-6-15(19)24)16(25)7-10-22-13(3)17(14(4)23)12(2)20-22/h15,24H,5-11H2,1-4H3,(H,26,27)/t15-,19-/m1/s1. The van der Waals surface area contributed by atoms with Crippen molar-refractivity contribution in [3.8, 4) is 0 Å². The van der Waals surface area contributed by atoms with Gasteiger partial charge in [0.25, 0.3) is 0 Å². The number of likely N-dealkylation sites (tertiary alicyclic amines) is 1. The fourth-order valence-corrected chi connectivity index (χ4v) is 4.08. The summed E-state index contributed by atoms with van der Waals surface area (Å²) in [7, 11) is 0. The van der Waals surface area contributed by atoms with Gasteiger partial charge in [-0.05, 0) is 33.6 Å². The molecule has 0 spiro atoms. The molecule has 0 saturated carbocycles. The number of amides is 1. The number of carbonyl (C=O) groups excluding carboxylic acids is 2. The predicted molar refractivity (Wildman–Crippen MR) is 98.5 cm³/mol. The number of carboxylic acid groups (broad SMARTS) is 1. The summed E-state index contributed by atoms with van der Waals surface area (Å²) in [6.45, 7) is 7.61. The number of aliphatic hydroxyl groups excluding tert-OH is 1. The van der Waals surface area contributed by atoms with Crippen LogP contribution in [0.4, 0.5) is 0 Å². The van der Waals surface area contributed by atoms with Crippen LogP contribution in [0.25, 0.3) is 0 Å². The average molecular weight is 379 g/mol. The summed E-state index contributed by atoms with van der Waals surface area (Å²) in [5.41, 5.74) is 0.647. The number of aliphatic carboxylic acids is 1. The predicted octanol–water partition coefficient (Wildman–Crippen LogP) is 1.56. The molecule has 1 amide bonds. The number of aliphatic hydroxyl groups is 1.